The van der Waals surface area contributed by atoms with E-state index in [0.717, 1.165) is 12.8 Å². The second-order valence-electron chi connectivity index (χ2n) is 7.29. The van der Waals surface area contributed by atoms with Crippen molar-refractivity contribution in [3.63, 3.8) is 0 Å². The Morgan fingerprint density at radius 2 is 2.23 bits per heavy atom. The third kappa shape index (κ3) is 4.18. The summed E-state index contributed by atoms with van der Waals surface area (Å²) in [6.07, 6.45) is 6.11. The van der Waals surface area contributed by atoms with E-state index in [9.17, 15) is 9.18 Å². The lowest BCUT2D eigenvalue weighted by atomic mass is 9.81. The number of nitrogens with zero attached hydrogens (tertiary/aromatic N) is 2. The summed E-state index contributed by atoms with van der Waals surface area (Å²) < 4.78 is 20.9. The summed E-state index contributed by atoms with van der Waals surface area (Å²) in [5.74, 6) is 0.146. The standard InChI is InChI=1S/C19H25ClFN3O2/c1-19(21)6-3-13(4-7-19)11-23-18(25)14-12-24(9-10-26-2)17-16(14)15(20)5-8-22-17/h5,8,12-13H,3-4,6-7,9-11H2,1-2H3,(H,23,25). The van der Waals surface area contributed by atoms with Gasteiger partial charge >= 0.3 is 0 Å². The number of alkyl halides is 1. The molecule has 0 bridgehead atoms. The number of nitrogens with one attached hydrogen (secondary N) is 1. The van der Waals surface area contributed by atoms with Gasteiger partial charge in [0.25, 0.3) is 5.91 Å². The van der Waals surface area contributed by atoms with Crippen LogP contribution in [0.15, 0.2) is 18.5 Å². The number of carbonyl (C=O) groups is 1. The summed E-state index contributed by atoms with van der Waals surface area (Å²) in [5.41, 5.74) is 0.125. The van der Waals surface area contributed by atoms with Crippen molar-refractivity contribution in [2.75, 3.05) is 20.3 Å². The molecule has 1 N–H and O–H groups in total. The Kier molecular flexibility index (Phi) is 5.82. The smallest absolute Gasteiger partial charge is 0.253 e. The van der Waals surface area contributed by atoms with Crippen molar-refractivity contribution in [3.05, 3.63) is 29.0 Å². The topological polar surface area (TPSA) is 56.1 Å². The fraction of sp³-hybridized carbons (Fsp3) is 0.579. The van der Waals surface area contributed by atoms with Gasteiger partial charge in [0, 0.05) is 32.6 Å². The number of fused-ring (bicyclic) bond motifs is 1. The van der Waals surface area contributed by atoms with E-state index in [1.54, 1.807) is 32.5 Å². The van der Waals surface area contributed by atoms with Crippen molar-refractivity contribution in [1.82, 2.24) is 14.9 Å². The van der Waals surface area contributed by atoms with Gasteiger partial charge in [-0.3, -0.25) is 4.79 Å². The monoisotopic (exact) mass is 381 g/mol. The number of ether oxygens (including phenoxy) is 1. The lowest BCUT2D eigenvalue weighted by molar-refractivity contribution is 0.0894. The van der Waals surface area contributed by atoms with Gasteiger partial charge in [0.1, 0.15) is 11.3 Å². The molecule has 1 saturated carbocycles. The summed E-state index contributed by atoms with van der Waals surface area (Å²) in [6.45, 7) is 3.32. The van der Waals surface area contributed by atoms with E-state index in [1.807, 2.05) is 4.57 Å². The number of aromatic nitrogens is 2. The fourth-order valence-corrected chi connectivity index (χ4v) is 3.77. The number of hydrogen-bond acceptors (Lipinski definition) is 3. The van der Waals surface area contributed by atoms with Gasteiger partial charge in [-0.1, -0.05) is 11.6 Å². The molecule has 142 valence electrons. The van der Waals surface area contributed by atoms with Crippen molar-refractivity contribution in [1.29, 1.82) is 0 Å². The first kappa shape index (κ1) is 19.1. The van der Waals surface area contributed by atoms with E-state index in [0.29, 0.717) is 60.1 Å². The zero-order chi connectivity index (χ0) is 18.7. The number of carbonyl (C=O) groups excluding carboxylic acids is 1. The third-order valence-corrected chi connectivity index (χ3v) is 5.50. The summed E-state index contributed by atoms with van der Waals surface area (Å²) in [6, 6.07) is 1.69. The molecule has 0 unspecified atom stereocenters. The molecule has 2 aromatic rings. The zero-order valence-corrected chi connectivity index (χ0v) is 16.0. The molecular formula is C19H25ClFN3O2. The Balaban J connectivity index is 1.73. The van der Waals surface area contributed by atoms with Gasteiger partial charge in [0.05, 0.1) is 22.6 Å². The minimum Gasteiger partial charge on any atom is -0.383 e. The lowest BCUT2D eigenvalue weighted by Gasteiger charge is -2.31. The molecule has 0 spiro atoms. The largest absolute Gasteiger partial charge is 0.383 e. The van der Waals surface area contributed by atoms with Crippen LogP contribution in [0.4, 0.5) is 4.39 Å². The highest BCUT2D eigenvalue weighted by atomic mass is 35.5. The zero-order valence-electron chi connectivity index (χ0n) is 15.2. The molecule has 2 heterocycles. The normalized spacial score (nSPS) is 23.3. The number of pyridine rings is 1. The second-order valence-corrected chi connectivity index (χ2v) is 7.69. The average Bonchev–Trinajstić information content (AvgIpc) is 2.99. The van der Waals surface area contributed by atoms with E-state index < -0.39 is 5.67 Å². The molecule has 1 amide bonds. The van der Waals surface area contributed by atoms with Gasteiger partial charge in [0.2, 0.25) is 0 Å². The van der Waals surface area contributed by atoms with Crippen molar-refractivity contribution in [2.45, 2.75) is 44.8 Å². The predicted molar refractivity (Wildman–Crippen MR) is 100 cm³/mol. The number of rotatable bonds is 6. The number of amides is 1. The number of methoxy groups -OCH3 is 1. The lowest BCUT2D eigenvalue weighted by Crippen LogP contribution is -2.34. The highest BCUT2D eigenvalue weighted by molar-refractivity contribution is 6.36. The Bertz CT molecular complexity index is 780. The van der Waals surface area contributed by atoms with Crippen LogP contribution < -0.4 is 5.32 Å². The van der Waals surface area contributed by atoms with E-state index in [-0.39, 0.29) is 5.91 Å². The maximum absolute atomic E-state index is 13.9. The maximum Gasteiger partial charge on any atom is 0.253 e. The van der Waals surface area contributed by atoms with Crippen LogP contribution in [-0.4, -0.2) is 41.4 Å². The predicted octanol–water partition coefficient (Wildman–Crippen LogP) is 3.98. The molecular weight excluding hydrogens is 357 g/mol. The molecule has 1 fully saturated rings. The van der Waals surface area contributed by atoms with Gasteiger partial charge in [-0.2, -0.15) is 0 Å². The first-order valence-electron chi connectivity index (χ1n) is 9.00. The second kappa shape index (κ2) is 7.92. The summed E-state index contributed by atoms with van der Waals surface area (Å²) >= 11 is 6.33. The van der Waals surface area contributed by atoms with Gasteiger partial charge in [-0.25, -0.2) is 9.37 Å². The Morgan fingerprint density at radius 1 is 1.50 bits per heavy atom. The van der Waals surface area contributed by atoms with Crippen LogP contribution >= 0.6 is 11.6 Å². The molecule has 1 aliphatic rings. The SMILES string of the molecule is COCCn1cc(C(=O)NCC2CCC(C)(F)CC2)c2c(Cl)ccnc21. The van der Waals surface area contributed by atoms with Crippen LogP contribution in [0.5, 0.6) is 0 Å². The van der Waals surface area contributed by atoms with E-state index in [4.69, 9.17) is 16.3 Å². The molecule has 3 rings (SSSR count). The van der Waals surface area contributed by atoms with Crippen LogP contribution in [0.3, 0.4) is 0 Å². The number of halogens is 2. The minimum atomic E-state index is -1.06. The summed E-state index contributed by atoms with van der Waals surface area (Å²) in [5, 5.41) is 4.15. The highest BCUT2D eigenvalue weighted by Gasteiger charge is 2.30. The third-order valence-electron chi connectivity index (χ3n) is 5.19. The van der Waals surface area contributed by atoms with Crippen LogP contribution in [-0.2, 0) is 11.3 Å². The summed E-state index contributed by atoms with van der Waals surface area (Å²) in [4.78, 5) is 17.1. The van der Waals surface area contributed by atoms with Gasteiger partial charge in [-0.05, 0) is 44.6 Å². The van der Waals surface area contributed by atoms with E-state index in [1.165, 1.54) is 0 Å². The molecule has 5 nitrogen and oxygen atoms in total. The molecule has 0 saturated heterocycles. The molecule has 0 radical (unpaired) electrons. The summed E-state index contributed by atoms with van der Waals surface area (Å²) in [7, 11) is 1.63. The first-order chi connectivity index (χ1) is 12.4. The van der Waals surface area contributed by atoms with Crippen LogP contribution in [0, 0.1) is 5.92 Å². The Hall–Kier alpha value is -1.66. The minimum absolute atomic E-state index is 0.172. The van der Waals surface area contributed by atoms with Crippen LogP contribution in [0.25, 0.3) is 11.0 Å². The van der Waals surface area contributed by atoms with Crippen molar-refractivity contribution < 1.29 is 13.9 Å². The molecule has 1 aliphatic carbocycles. The van der Waals surface area contributed by atoms with Crippen LogP contribution in [0.2, 0.25) is 5.02 Å². The molecule has 2 aromatic heterocycles. The van der Waals surface area contributed by atoms with Crippen molar-refractivity contribution in [2.24, 2.45) is 5.92 Å². The number of hydrogen-bond donors (Lipinski definition) is 1. The molecule has 0 atom stereocenters. The van der Waals surface area contributed by atoms with Gasteiger partial charge in [-0.15, -0.1) is 0 Å². The fourth-order valence-electron chi connectivity index (χ4n) is 3.52. The average molecular weight is 382 g/mol. The van der Waals surface area contributed by atoms with Crippen molar-refractivity contribution in [3.8, 4) is 0 Å². The van der Waals surface area contributed by atoms with Crippen molar-refractivity contribution >= 4 is 28.5 Å². The Morgan fingerprint density at radius 3 is 2.92 bits per heavy atom. The van der Waals surface area contributed by atoms with Crippen LogP contribution in [0.1, 0.15) is 43.0 Å². The van der Waals surface area contributed by atoms with Gasteiger partial charge in [0.15, 0.2) is 0 Å². The first-order valence-corrected chi connectivity index (χ1v) is 9.38. The maximum atomic E-state index is 13.9. The molecule has 0 aliphatic heterocycles. The molecule has 7 heteroatoms. The molecule has 26 heavy (non-hydrogen) atoms. The Labute approximate surface area is 157 Å². The highest BCUT2D eigenvalue weighted by Crippen LogP contribution is 2.34. The van der Waals surface area contributed by atoms with E-state index in [2.05, 4.69) is 10.3 Å². The molecule has 0 aromatic carbocycles. The quantitative estimate of drug-likeness (QED) is 0.823. The van der Waals surface area contributed by atoms with Gasteiger partial charge < -0.3 is 14.6 Å². The van der Waals surface area contributed by atoms with E-state index >= 15 is 0 Å².